The molecule has 1 saturated heterocycles. The van der Waals surface area contributed by atoms with Crippen molar-refractivity contribution in [3.63, 3.8) is 0 Å². The number of esters is 2. The fourth-order valence-electron chi connectivity index (χ4n) is 3.63. The number of aliphatic hydroxyl groups is 1. The number of ether oxygens (including phenoxy) is 2. The van der Waals surface area contributed by atoms with Crippen molar-refractivity contribution in [2.24, 2.45) is 11.8 Å². The summed E-state index contributed by atoms with van der Waals surface area (Å²) in [5, 5.41) is 9.85. The number of hydrogen-bond acceptors (Lipinski definition) is 5. The lowest BCUT2D eigenvalue weighted by Crippen LogP contribution is -2.36. The summed E-state index contributed by atoms with van der Waals surface area (Å²) in [4.78, 5) is 23.9. The first kappa shape index (κ1) is 21.2. The standard InChI is InChI=1S/C22H30O5/c1-14-8-9-19-17(7-6-10-22(4,5)25)13-26-21(24)20(19)15(2)12-18(11-14)27-16(3)23/h6-7,10-11,18-20,25H,2,8-9,12-13H2,1,3-5H3/b10-6+,14-11+,17-7-/t18-,19-,20-/m0/s1. The Balaban J connectivity index is 2.31. The van der Waals surface area contributed by atoms with E-state index in [1.54, 1.807) is 19.9 Å². The zero-order chi connectivity index (χ0) is 20.2. The van der Waals surface area contributed by atoms with E-state index in [1.165, 1.54) is 6.92 Å². The molecule has 0 amide bonds. The molecule has 148 valence electrons. The summed E-state index contributed by atoms with van der Waals surface area (Å²) in [6.07, 6.45) is 8.97. The van der Waals surface area contributed by atoms with Gasteiger partial charge in [0.15, 0.2) is 0 Å². The molecule has 0 unspecified atom stereocenters. The highest BCUT2D eigenvalue weighted by Gasteiger charge is 2.39. The van der Waals surface area contributed by atoms with Crippen molar-refractivity contribution >= 4 is 11.9 Å². The molecule has 0 bridgehead atoms. The van der Waals surface area contributed by atoms with Gasteiger partial charge in [0, 0.05) is 19.3 Å². The lowest BCUT2D eigenvalue weighted by Gasteiger charge is -2.34. The second-order valence-corrected chi connectivity index (χ2v) is 8.01. The van der Waals surface area contributed by atoms with Crippen molar-refractivity contribution in [1.82, 2.24) is 0 Å². The van der Waals surface area contributed by atoms with Gasteiger partial charge in [0.1, 0.15) is 12.7 Å². The smallest absolute Gasteiger partial charge is 0.314 e. The summed E-state index contributed by atoms with van der Waals surface area (Å²) in [6.45, 7) is 11.2. The van der Waals surface area contributed by atoms with E-state index in [2.05, 4.69) is 6.58 Å². The predicted molar refractivity (Wildman–Crippen MR) is 104 cm³/mol. The van der Waals surface area contributed by atoms with Crippen LogP contribution in [0.4, 0.5) is 0 Å². The van der Waals surface area contributed by atoms with Crippen LogP contribution in [0.5, 0.6) is 0 Å². The van der Waals surface area contributed by atoms with Crippen molar-refractivity contribution in [2.75, 3.05) is 6.61 Å². The maximum atomic E-state index is 12.5. The summed E-state index contributed by atoms with van der Waals surface area (Å²) >= 11 is 0. The number of cyclic esters (lactones) is 1. The second-order valence-electron chi connectivity index (χ2n) is 8.01. The first-order valence-corrected chi connectivity index (χ1v) is 9.36. The number of allylic oxidation sites excluding steroid dienone is 3. The van der Waals surface area contributed by atoms with Crippen LogP contribution in [0, 0.1) is 11.8 Å². The Bertz CT molecular complexity index is 690. The van der Waals surface area contributed by atoms with Crippen LogP contribution in [0.3, 0.4) is 0 Å². The fourth-order valence-corrected chi connectivity index (χ4v) is 3.63. The van der Waals surface area contributed by atoms with E-state index >= 15 is 0 Å². The van der Waals surface area contributed by atoms with Gasteiger partial charge in [0.05, 0.1) is 11.5 Å². The fraction of sp³-hybridized carbons (Fsp3) is 0.545. The Labute approximate surface area is 161 Å². The molecule has 2 rings (SSSR count). The normalized spacial score (nSPS) is 30.6. The Morgan fingerprint density at radius 3 is 2.78 bits per heavy atom. The SMILES string of the molecule is C=C1C[C@@H](OC(C)=O)/C=C(\C)CC[C@H]2/C(=C\C=C\C(C)(C)O)COC(=O)[C@@H]12. The number of hydrogen-bond donors (Lipinski definition) is 1. The minimum absolute atomic E-state index is 0.00960. The second kappa shape index (κ2) is 8.70. The zero-order valence-corrected chi connectivity index (χ0v) is 16.7. The number of rotatable bonds is 3. The molecule has 27 heavy (non-hydrogen) atoms. The summed E-state index contributed by atoms with van der Waals surface area (Å²) in [7, 11) is 0. The van der Waals surface area contributed by atoms with Crippen molar-refractivity contribution in [2.45, 2.75) is 58.7 Å². The molecular formula is C22H30O5. The van der Waals surface area contributed by atoms with Gasteiger partial charge in [-0.15, -0.1) is 0 Å². The number of carbonyl (C=O) groups is 2. The van der Waals surface area contributed by atoms with Gasteiger partial charge in [-0.1, -0.05) is 36.0 Å². The summed E-state index contributed by atoms with van der Waals surface area (Å²) in [5.41, 5.74) is 1.96. The molecular weight excluding hydrogens is 344 g/mol. The van der Waals surface area contributed by atoms with E-state index < -0.39 is 17.6 Å². The lowest BCUT2D eigenvalue weighted by molar-refractivity contribution is -0.151. The molecule has 0 radical (unpaired) electrons. The molecule has 1 aliphatic heterocycles. The maximum absolute atomic E-state index is 12.5. The molecule has 2 aliphatic rings. The Morgan fingerprint density at radius 1 is 1.44 bits per heavy atom. The zero-order valence-electron chi connectivity index (χ0n) is 16.7. The highest BCUT2D eigenvalue weighted by molar-refractivity contribution is 5.78. The van der Waals surface area contributed by atoms with E-state index in [0.29, 0.717) is 6.42 Å². The van der Waals surface area contributed by atoms with Gasteiger partial charge < -0.3 is 14.6 Å². The number of fused-ring (bicyclic) bond motifs is 1. The minimum atomic E-state index is -0.902. The molecule has 1 N–H and O–H groups in total. The molecule has 1 aliphatic carbocycles. The topological polar surface area (TPSA) is 72.8 Å². The monoisotopic (exact) mass is 374 g/mol. The van der Waals surface area contributed by atoms with E-state index in [1.807, 2.05) is 25.2 Å². The van der Waals surface area contributed by atoms with Crippen LogP contribution >= 0.6 is 0 Å². The third kappa shape index (κ3) is 6.21. The average Bonchev–Trinajstić information content (AvgIpc) is 2.57. The third-order valence-electron chi connectivity index (χ3n) is 4.87. The van der Waals surface area contributed by atoms with E-state index in [0.717, 1.165) is 29.6 Å². The van der Waals surface area contributed by atoms with Gasteiger partial charge in [-0.05, 0) is 45.3 Å². The molecule has 0 aromatic heterocycles. The third-order valence-corrected chi connectivity index (χ3v) is 4.87. The van der Waals surface area contributed by atoms with Crippen molar-refractivity contribution in [3.05, 3.63) is 47.6 Å². The minimum Gasteiger partial charge on any atom is -0.461 e. The molecule has 5 nitrogen and oxygen atoms in total. The first-order valence-electron chi connectivity index (χ1n) is 9.36. The van der Waals surface area contributed by atoms with Crippen LogP contribution < -0.4 is 0 Å². The lowest BCUT2D eigenvalue weighted by atomic mass is 9.76. The van der Waals surface area contributed by atoms with Crippen molar-refractivity contribution in [3.8, 4) is 0 Å². The van der Waals surface area contributed by atoms with Gasteiger partial charge in [-0.2, -0.15) is 0 Å². The van der Waals surface area contributed by atoms with Crippen LogP contribution in [0.15, 0.2) is 47.6 Å². The summed E-state index contributed by atoms with van der Waals surface area (Å²) in [6, 6.07) is 0. The Morgan fingerprint density at radius 2 is 2.15 bits per heavy atom. The van der Waals surface area contributed by atoms with E-state index in [4.69, 9.17) is 9.47 Å². The van der Waals surface area contributed by atoms with Gasteiger partial charge in [-0.25, -0.2) is 0 Å². The van der Waals surface area contributed by atoms with Gasteiger partial charge in [-0.3, -0.25) is 9.59 Å². The van der Waals surface area contributed by atoms with Gasteiger partial charge in [0.2, 0.25) is 0 Å². The predicted octanol–water partition coefficient (Wildman–Crippen LogP) is 3.65. The Kier molecular flexibility index (Phi) is 6.82. The van der Waals surface area contributed by atoms with Crippen LogP contribution in [0.1, 0.15) is 47.0 Å². The van der Waals surface area contributed by atoms with Crippen LogP contribution in [-0.2, 0) is 19.1 Å². The van der Waals surface area contributed by atoms with Gasteiger partial charge in [0.25, 0.3) is 0 Å². The highest BCUT2D eigenvalue weighted by atomic mass is 16.5. The van der Waals surface area contributed by atoms with Crippen molar-refractivity contribution < 1.29 is 24.2 Å². The highest BCUT2D eigenvalue weighted by Crippen LogP contribution is 2.39. The average molecular weight is 374 g/mol. The molecule has 1 heterocycles. The molecule has 5 heteroatoms. The first-order chi connectivity index (χ1) is 12.6. The molecule has 0 saturated carbocycles. The van der Waals surface area contributed by atoms with E-state index in [-0.39, 0.29) is 24.5 Å². The molecule has 0 aromatic carbocycles. The maximum Gasteiger partial charge on any atom is 0.314 e. The molecule has 0 spiro atoms. The molecule has 3 atom stereocenters. The van der Waals surface area contributed by atoms with Crippen LogP contribution in [-0.4, -0.2) is 35.4 Å². The van der Waals surface area contributed by atoms with Crippen LogP contribution in [0.2, 0.25) is 0 Å². The summed E-state index contributed by atoms with van der Waals surface area (Å²) in [5.74, 6) is -1.08. The van der Waals surface area contributed by atoms with Crippen LogP contribution in [0.25, 0.3) is 0 Å². The largest absolute Gasteiger partial charge is 0.461 e. The summed E-state index contributed by atoms with van der Waals surface area (Å²) < 4.78 is 10.8. The number of carbonyl (C=O) groups excluding carboxylic acids is 2. The molecule has 0 aromatic rings. The van der Waals surface area contributed by atoms with E-state index in [9.17, 15) is 14.7 Å². The molecule has 1 fully saturated rings. The van der Waals surface area contributed by atoms with Gasteiger partial charge >= 0.3 is 11.9 Å². The quantitative estimate of drug-likeness (QED) is 0.603. The Hall–Kier alpha value is -2.14. The van der Waals surface area contributed by atoms with Crippen molar-refractivity contribution in [1.29, 1.82) is 0 Å².